The molecule has 20 heavy (non-hydrogen) atoms. The van der Waals surface area contributed by atoms with Crippen LogP contribution in [0.4, 0.5) is 0 Å². The molecule has 1 rings (SSSR count). The van der Waals surface area contributed by atoms with E-state index in [4.69, 9.17) is 5.11 Å². The maximum atomic E-state index is 12.0. The molecule has 1 heterocycles. The van der Waals surface area contributed by atoms with Crippen LogP contribution in [-0.4, -0.2) is 44.2 Å². The summed E-state index contributed by atoms with van der Waals surface area (Å²) in [7, 11) is -1.02. The Kier molecular flexibility index (Phi) is 6.05. The summed E-state index contributed by atoms with van der Waals surface area (Å²) in [4.78, 5) is 26.4. The predicted octanol–water partition coefficient (Wildman–Crippen LogP) is 0.676. The Morgan fingerprint density at radius 2 is 2.25 bits per heavy atom. The van der Waals surface area contributed by atoms with E-state index in [1.54, 1.807) is 13.2 Å². The Balaban J connectivity index is 2.82. The number of hydrogen-bond acceptors (Lipinski definition) is 4. The maximum absolute atomic E-state index is 12.0. The third-order valence-electron chi connectivity index (χ3n) is 2.62. The van der Waals surface area contributed by atoms with Crippen LogP contribution in [0, 0.1) is 0 Å². The molecule has 2 unspecified atom stereocenters. The summed E-state index contributed by atoms with van der Waals surface area (Å²) >= 11 is 0. The van der Waals surface area contributed by atoms with Gasteiger partial charge in [-0.1, -0.05) is 0 Å². The average Bonchev–Trinajstić information content (AvgIpc) is 2.42. The standard InChI is InChI=1S/C13H16N2O4S/c1-9(20(2)19)7-15-13(18)11-5-6-14-8-10(11)3-4-12(16)17/h3-6,8-9H,7H2,1-2H3,(H,15,18)(H,16,17)/b4-3+. The van der Waals surface area contributed by atoms with E-state index in [-0.39, 0.29) is 17.7 Å². The van der Waals surface area contributed by atoms with Gasteiger partial charge >= 0.3 is 5.97 Å². The largest absolute Gasteiger partial charge is 0.478 e. The zero-order chi connectivity index (χ0) is 15.1. The molecule has 1 aromatic heterocycles. The lowest BCUT2D eigenvalue weighted by molar-refractivity contribution is -0.131. The first-order valence-electron chi connectivity index (χ1n) is 5.87. The highest BCUT2D eigenvalue weighted by Crippen LogP contribution is 2.09. The first-order valence-corrected chi connectivity index (χ1v) is 7.49. The van der Waals surface area contributed by atoms with Crippen LogP contribution in [0.2, 0.25) is 0 Å². The summed E-state index contributed by atoms with van der Waals surface area (Å²) in [5.74, 6) is -1.45. The van der Waals surface area contributed by atoms with Crippen molar-refractivity contribution in [2.75, 3.05) is 12.8 Å². The second-order valence-corrected chi connectivity index (χ2v) is 5.96. The molecule has 108 valence electrons. The number of carbonyl (C=O) groups excluding carboxylic acids is 1. The number of rotatable bonds is 6. The van der Waals surface area contributed by atoms with Gasteiger partial charge in [-0.2, -0.15) is 0 Å². The smallest absolute Gasteiger partial charge is 0.328 e. The minimum absolute atomic E-state index is 0.154. The van der Waals surface area contributed by atoms with E-state index < -0.39 is 16.8 Å². The van der Waals surface area contributed by atoms with Crippen LogP contribution in [0.15, 0.2) is 24.5 Å². The van der Waals surface area contributed by atoms with Crippen LogP contribution < -0.4 is 5.32 Å². The molecule has 1 amide bonds. The summed E-state index contributed by atoms with van der Waals surface area (Å²) in [6, 6.07) is 1.50. The van der Waals surface area contributed by atoms with E-state index in [0.29, 0.717) is 11.1 Å². The number of pyridine rings is 1. The van der Waals surface area contributed by atoms with Gasteiger partial charge in [-0.05, 0) is 19.1 Å². The molecule has 2 atom stereocenters. The van der Waals surface area contributed by atoms with Gasteiger partial charge in [0.25, 0.3) is 5.91 Å². The van der Waals surface area contributed by atoms with E-state index >= 15 is 0 Å². The van der Waals surface area contributed by atoms with Gasteiger partial charge in [0, 0.05) is 58.4 Å². The fourth-order valence-electron chi connectivity index (χ4n) is 1.36. The zero-order valence-corrected chi connectivity index (χ0v) is 12.0. The van der Waals surface area contributed by atoms with Crippen LogP contribution >= 0.6 is 0 Å². The Morgan fingerprint density at radius 1 is 1.55 bits per heavy atom. The maximum Gasteiger partial charge on any atom is 0.328 e. The lowest BCUT2D eigenvalue weighted by Crippen LogP contribution is -2.32. The topological polar surface area (TPSA) is 96.4 Å². The number of amides is 1. The van der Waals surface area contributed by atoms with Crippen molar-refractivity contribution in [2.24, 2.45) is 0 Å². The molecule has 0 fully saturated rings. The van der Waals surface area contributed by atoms with Crippen LogP contribution in [0.1, 0.15) is 22.8 Å². The molecule has 0 saturated carbocycles. The van der Waals surface area contributed by atoms with E-state index in [9.17, 15) is 13.8 Å². The second-order valence-electron chi connectivity index (χ2n) is 4.15. The number of carboxylic acids is 1. The number of nitrogens with zero attached hydrogens (tertiary/aromatic N) is 1. The van der Waals surface area contributed by atoms with E-state index in [2.05, 4.69) is 10.3 Å². The van der Waals surface area contributed by atoms with E-state index in [0.717, 1.165) is 6.08 Å². The molecule has 0 radical (unpaired) electrons. The minimum Gasteiger partial charge on any atom is -0.478 e. The van der Waals surface area contributed by atoms with Crippen LogP contribution in [0.3, 0.4) is 0 Å². The van der Waals surface area contributed by atoms with E-state index in [1.165, 1.54) is 24.5 Å². The van der Waals surface area contributed by atoms with Gasteiger partial charge in [0.1, 0.15) is 0 Å². The van der Waals surface area contributed by atoms with Gasteiger partial charge in [-0.3, -0.25) is 14.0 Å². The third kappa shape index (κ3) is 4.93. The molecule has 2 N–H and O–H groups in total. The second kappa shape index (κ2) is 7.54. The molecule has 0 aliphatic rings. The molecule has 0 aliphatic heterocycles. The highest BCUT2D eigenvalue weighted by Gasteiger charge is 2.12. The lowest BCUT2D eigenvalue weighted by atomic mass is 10.1. The molecule has 0 aliphatic carbocycles. The number of nitrogens with one attached hydrogen (secondary N) is 1. The minimum atomic E-state index is -1.10. The lowest BCUT2D eigenvalue weighted by Gasteiger charge is -2.11. The number of carbonyl (C=O) groups is 2. The van der Waals surface area contributed by atoms with Crippen molar-refractivity contribution < 1.29 is 18.9 Å². The first-order chi connectivity index (χ1) is 9.41. The molecule has 6 nitrogen and oxygen atoms in total. The van der Waals surface area contributed by atoms with Crippen molar-refractivity contribution in [1.29, 1.82) is 0 Å². The molecule has 0 saturated heterocycles. The molecular formula is C13H16N2O4S. The Morgan fingerprint density at radius 3 is 2.85 bits per heavy atom. The fourth-order valence-corrected chi connectivity index (χ4v) is 1.67. The van der Waals surface area contributed by atoms with Crippen molar-refractivity contribution in [3.05, 3.63) is 35.7 Å². The quantitative estimate of drug-likeness (QED) is 0.752. The molecule has 0 aromatic carbocycles. The molecule has 1 aromatic rings. The highest BCUT2D eigenvalue weighted by atomic mass is 32.2. The van der Waals surface area contributed by atoms with Crippen molar-refractivity contribution in [3.63, 3.8) is 0 Å². The van der Waals surface area contributed by atoms with Crippen molar-refractivity contribution >= 4 is 28.8 Å². The third-order valence-corrected chi connectivity index (χ3v) is 3.92. The number of carboxylic acid groups (broad SMARTS) is 1. The Bertz CT molecular complexity index is 557. The summed E-state index contributed by atoms with van der Waals surface area (Å²) < 4.78 is 11.2. The van der Waals surface area contributed by atoms with Gasteiger partial charge in [0.15, 0.2) is 0 Å². The van der Waals surface area contributed by atoms with Crippen molar-refractivity contribution in [2.45, 2.75) is 12.2 Å². The molecule has 7 heteroatoms. The average molecular weight is 296 g/mol. The predicted molar refractivity (Wildman–Crippen MR) is 76.8 cm³/mol. The number of aromatic nitrogens is 1. The highest BCUT2D eigenvalue weighted by molar-refractivity contribution is 7.84. The first kappa shape index (κ1) is 16.0. The summed E-state index contributed by atoms with van der Waals surface area (Å²) in [6.07, 6.45) is 6.69. The van der Waals surface area contributed by atoms with Crippen LogP contribution in [0.25, 0.3) is 6.08 Å². The van der Waals surface area contributed by atoms with Crippen molar-refractivity contribution in [1.82, 2.24) is 10.3 Å². The normalized spacial score (nSPS) is 13.9. The van der Waals surface area contributed by atoms with E-state index in [1.807, 2.05) is 0 Å². The zero-order valence-electron chi connectivity index (χ0n) is 11.2. The van der Waals surface area contributed by atoms with Gasteiger partial charge in [-0.25, -0.2) is 4.79 Å². The Labute approximate surface area is 119 Å². The number of hydrogen-bond donors (Lipinski definition) is 2. The molecule has 0 spiro atoms. The summed E-state index contributed by atoms with van der Waals surface area (Å²) in [5.41, 5.74) is 0.740. The van der Waals surface area contributed by atoms with Gasteiger partial charge < -0.3 is 10.4 Å². The monoisotopic (exact) mass is 296 g/mol. The SMILES string of the molecule is CC(CNC(=O)c1ccncc1/C=C/C(=O)O)S(C)=O. The molecular weight excluding hydrogens is 280 g/mol. The van der Waals surface area contributed by atoms with Gasteiger partial charge in [0.2, 0.25) is 0 Å². The van der Waals surface area contributed by atoms with Crippen LogP contribution in [0.5, 0.6) is 0 Å². The summed E-state index contributed by atoms with van der Waals surface area (Å²) in [5, 5.41) is 11.1. The van der Waals surface area contributed by atoms with Gasteiger partial charge in [0.05, 0.1) is 0 Å². The van der Waals surface area contributed by atoms with Gasteiger partial charge in [-0.15, -0.1) is 0 Å². The Hall–Kier alpha value is -2.02. The molecule has 0 bridgehead atoms. The number of aliphatic carboxylic acids is 1. The van der Waals surface area contributed by atoms with Crippen LogP contribution in [-0.2, 0) is 15.6 Å². The fraction of sp³-hybridized carbons (Fsp3) is 0.308. The van der Waals surface area contributed by atoms with Crippen molar-refractivity contribution in [3.8, 4) is 0 Å². The summed E-state index contributed by atoms with van der Waals surface area (Å²) in [6.45, 7) is 2.06.